The lowest BCUT2D eigenvalue weighted by molar-refractivity contribution is -0.119. The predicted octanol–water partition coefficient (Wildman–Crippen LogP) is 4.63. The molecule has 0 unspecified atom stereocenters. The largest absolute Gasteiger partial charge is 0.349 e. The van der Waals surface area contributed by atoms with Gasteiger partial charge < -0.3 is 5.32 Å². The minimum absolute atomic E-state index is 0.0444. The van der Waals surface area contributed by atoms with Crippen molar-refractivity contribution in [1.29, 1.82) is 0 Å². The van der Waals surface area contributed by atoms with Crippen LogP contribution in [0.4, 0.5) is 8.78 Å². The molecule has 0 spiro atoms. The van der Waals surface area contributed by atoms with Gasteiger partial charge in [0.1, 0.15) is 11.6 Å². The van der Waals surface area contributed by atoms with Gasteiger partial charge in [-0.1, -0.05) is 36.8 Å². The molecule has 0 aromatic heterocycles. The number of halogens is 2. The van der Waals surface area contributed by atoms with E-state index in [1.807, 2.05) is 38.1 Å². The normalized spacial score (nSPS) is 12.0. The topological polar surface area (TPSA) is 29.1 Å². The Morgan fingerprint density at radius 2 is 1.87 bits per heavy atom. The first-order chi connectivity index (χ1) is 11.0. The molecule has 0 heterocycles. The zero-order valence-electron chi connectivity index (χ0n) is 13.1. The third-order valence-electron chi connectivity index (χ3n) is 3.48. The highest BCUT2D eigenvalue weighted by Gasteiger charge is 2.14. The van der Waals surface area contributed by atoms with Gasteiger partial charge in [0.25, 0.3) is 0 Å². The van der Waals surface area contributed by atoms with E-state index in [-0.39, 0.29) is 22.6 Å². The average molecular weight is 335 g/mol. The molecule has 2 nitrogen and oxygen atoms in total. The van der Waals surface area contributed by atoms with Crippen LogP contribution in [0.25, 0.3) is 0 Å². The fourth-order valence-corrected chi connectivity index (χ4v) is 2.96. The standard InChI is InChI=1S/C18H19F2NOS/c1-3-16(13-6-4-12(2)5-7-13)21-18(22)11-23-17-10-14(19)8-9-15(17)20/h4-10,16H,3,11H2,1-2H3,(H,21,22)/t16-/m0/s1. The second-order valence-electron chi connectivity index (χ2n) is 5.30. The molecule has 0 aliphatic carbocycles. The van der Waals surface area contributed by atoms with Gasteiger partial charge in [-0.05, 0) is 37.1 Å². The van der Waals surface area contributed by atoms with Crippen LogP contribution in [0.5, 0.6) is 0 Å². The highest BCUT2D eigenvalue weighted by atomic mass is 32.2. The van der Waals surface area contributed by atoms with Crippen molar-refractivity contribution in [3.63, 3.8) is 0 Å². The first-order valence-corrected chi connectivity index (χ1v) is 8.42. The maximum absolute atomic E-state index is 13.5. The molecule has 1 atom stereocenters. The lowest BCUT2D eigenvalue weighted by Gasteiger charge is -2.17. The van der Waals surface area contributed by atoms with E-state index in [4.69, 9.17) is 0 Å². The molecule has 23 heavy (non-hydrogen) atoms. The van der Waals surface area contributed by atoms with E-state index in [9.17, 15) is 13.6 Å². The molecule has 0 saturated carbocycles. The van der Waals surface area contributed by atoms with E-state index in [2.05, 4.69) is 5.32 Å². The molecule has 1 N–H and O–H groups in total. The molecule has 1 amide bonds. The Bertz CT molecular complexity index is 673. The van der Waals surface area contributed by atoms with Gasteiger partial charge in [0.2, 0.25) is 5.91 Å². The smallest absolute Gasteiger partial charge is 0.230 e. The van der Waals surface area contributed by atoms with Crippen molar-refractivity contribution in [3.8, 4) is 0 Å². The number of carbonyl (C=O) groups excluding carboxylic acids is 1. The Morgan fingerprint density at radius 1 is 1.17 bits per heavy atom. The van der Waals surface area contributed by atoms with Crippen LogP contribution in [0.3, 0.4) is 0 Å². The molecule has 0 fully saturated rings. The molecule has 0 saturated heterocycles. The van der Waals surface area contributed by atoms with E-state index in [1.54, 1.807) is 0 Å². The Balaban J connectivity index is 1.95. The molecule has 0 aliphatic rings. The van der Waals surface area contributed by atoms with Crippen LogP contribution in [0, 0.1) is 18.6 Å². The van der Waals surface area contributed by atoms with E-state index in [0.29, 0.717) is 0 Å². The van der Waals surface area contributed by atoms with E-state index in [0.717, 1.165) is 47.5 Å². The number of hydrogen-bond acceptors (Lipinski definition) is 2. The average Bonchev–Trinajstić information content (AvgIpc) is 2.54. The second kappa shape index (κ2) is 8.11. The van der Waals surface area contributed by atoms with Gasteiger partial charge in [0.15, 0.2) is 0 Å². The number of hydrogen-bond donors (Lipinski definition) is 1. The maximum Gasteiger partial charge on any atom is 0.230 e. The SMILES string of the molecule is CC[C@H](NC(=O)CSc1cc(F)ccc1F)c1ccc(C)cc1. The van der Waals surface area contributed by atoms with Gasteiger partial charge in [0, 0.05) is 4.90 Å². The zero-order chi connectivity index (χ0) is 16.8. The molecule has 2 rings (SSSR count). The summed E-state index contributed by atoms with van der Waals surface area (Å²) in [6.45, 7) is 4.00. The fraction of sp³-hybridized carbons (Fsp3) is 0.278. The van der Waals surface area contributed by atoms with Crippen LogP contribution in [0.15, 0.2) is 47.4 Å². The Morgan fingerprint density at radius 3 is 2.52 bits per heavy atom. The minimum Gasteiger partial charge on any atom is -0.349 e. The van der Waals surface area contributed by atoms with Crippen molar-refractivity contribution < 1.29 is 13.6 Å². The highest BCUT2D eigenvalue weighted by Crippen LogP contribution is 2.23. The second-order valence-corrected chi connectivity index (χ2v) is 6.32. The summed E-state index contributed by atoms with van der Waals surface area (Å²) in [5.74, 6) is -1.19. The molecule has 2 aromatic rings. The van der Waals surface area contributed by atoms with Crippen LogP contribution in [0.2, 0.25) is 0 Å². The van der Waals surface area contributed by atoms with E-state index < -0.39 is 11.6 Å². The molecule has 0 bridgehead atoms. The fourth-order valence-electron chi connectivity index (χ4n) is 2.19. The van der Waals surface area contributed by atoms with Gasteiger partial charge in [0.05, 0.1) is 11.8 Å². The number of amides is 1. The Hall–Kier alpha value is -1.88. The van der Waals surface area contributed by atoms with Crippen molar-refractivity contribution in [2.24, 2.45) is 0 Å². The van der Waals surface area contributed by atoms with E-state index >= 15 is 0 Å². The zero-order valence-corrected chi connectivity index (χ0v) is 13.9. The lowest BCUT2D eigenvalue weighted by Crippen LogP contribution is -2.29. The third-order valence-corrected chi connectivity index (χ3v) is 4.51. The molecular weight excluding hydrogens is 316 g/mol. The van der Waals surface area contributed by atoms with Crippen molar-refractivity contribution >= 4 is 17.7 Å². The minimum atomic E-state index is -0.519. The van der Waals surface area contributed by atoms with Gasteiger partial charge in [-0.3, -0.25) is 4.79 Å². The molecule has 5 heteroatoms. The van der Waals surface area contributed by atoms with Crippen LogP contribution >= 0.6 is 11.8 Å². The highest BCUT2D eigenvalue weighted by molar-refractivity contribution is 8.00. The van der Waals surface area contributed by atoms with Gasteiger partial charge in [-0.25, -0.2) is 8.78 Å². The maximum atomic E-state index is 13.5. The summed E-state index contributed by atoms with van der Waals surface area (Å²) in [5.41, 5.74) is 2.19. The number of benzene rings is 2. The summed E-state index contributed by atoms with van der Waals surface area (Å²) in [5, 5.41) is 2.93. The summed E-state index contributed by atoms with van der Waals surface area (Å²) in [6.07, 6.45) is 0.758. The molecule has 2 aromatic carbocycles. The monoisotopic (exact) mass is 335 g/mol. The summed E-state index contributed by atoms with van der Waals surface area (Å²) in [4.78, 5) is 12.2. The van der Waals surface area contributed by atoms with Crippen molar-refractivity contribution in [2.45, 2.75) is 31.2 Å². The summed E-state index contributed by atoms with van der Waals surface area (Å²) < 4.78 is 26.6. The first-order valence-electron chi connectivity index (χ1n) is 7.43. The first kappa shape index (κ1) is 17.5. The van der Waals surface area contributed by atoms with Gasteiger partial charge in [-0.15, -0.1) is 11.8 Å². The molecule has 0 aliphatic heterocycles. The molecule has 0 radical (unpaired) electrons. The summed E-state index contributed by atoms with van der Waals surface area (Å²) in [7, 11) is 0. The Labute approximate surface area is 139 Å². The van der Waals surface area contributed by atoms with Crippen molar-refractivity contribution in [2.75, 3.05) is 5.75 Å². The van der Waals surface area contributed by atoms with Gasteiger partial charge in [-0.2, -0.15) is 0 Å². The number of rotatable bonds is 6. The van der Waals surface area contributed by atoms with E-state index in [1.165, 1.54) is 0 Å². The number of carbonyl (C=O) groups is 1. The molecule has 122 valence electrons. The lowest BCUT2D eigenvalue weighted by atomic mass is 10.0. The summed E-state index contributed by atoms with van der Waals surface area (Å²) in [6, 6.07) is 11.1. The number of nitrogens with one attached hydrogen (secondary N) is 1. The van der Waals surface area contributed by atoms with Gasteiger partial charge >= 0.3 is 0 Å². The molecular formula is C18H19F2NOS. The van der Waals surface area contributed by atoms with Crippen LogP contribution in [-0.4, -0.2) is 11.7 Å². The summed E-state index contributed by atoms with van der Waals surface area (Å²) >= 11 is 0.992. The number of aryl methyl sites for hydroxylation is 1. The third kappa shape index (κ3) is 5.06. The van der Waals surface area contributed by atoms with Crippen molar-refractivity contribution in [1.82, 2.24) is 5.32 Å². The van der Waals surface area contributed by atoms with Crippen LogP contribution < -0.4 is 5.32 Å². The quantitative estimate of drug-likeness (QED) is 0.780. The predicted molar refractivity (Wildman–Crippen MR) is 89.4 cm³/mol. The Kier molecular flexibility index (Phi) is 6.16. The van der Waals surface area contributed by atoms with Crippen molar-refractivity contribution in [3.05, 3.63) is 65.2 Å². The number of thioether (sulfide) groups is 1. The van der Waals surface area contributed by atoms with Crippen LogP contribution in [-0.2, 0) is 4.79 Å². The van der Waals surface area contributed by atoms with Crippen LogP contribution in [0.1, 0.15) is 30.5 Å².